The number of para-hydroxylation sites is 2. The van der Waals surface area contributed by atoms with Crippen molar-refractivity contribution in [3.63, 3.8) is 0 Å². The fourth-order valence-corrected chi connectivity index (χ4v) is 3.82. The highest BCUT2D eigenvalue weighted by molar-refractivity contribution is 6.04. The van der Waals surface area contributed by atoms with Crippen LogP contribution >= 0.6 is 0 Å². The fraction of sp³-hybridized carbons (Fsp3) is 0.619. The number of hydrogen-bond donors (Lipinski definition) is 0. The third-order valence-electron chi connectivity index (χ3n) is 5.13. The van der Waals surface area contributed by atoms with E-state index in [0.717, 1.165) is 31.0 Å². The molecule has 0 aliphatic carbocycles. The minimum Gasteiger partial charge on any atom is -0.309 e. The molecule has 3 rings (SSSR count). The molecule has 0 spiro atoms. The van der Waals surface area contributed by atoms with E-state index in [1.165, 1.54) is 12.8 Å². The van der Waals surface area contributed by atoms with Crippen molar-refractivity contribution in [2.45, 2.75) is 46.5 Å². The lowest BCUT2D eigenvalue weighted by Crippen LogP contribution is -2.47. The molecule has 2 amide bonds. The van der Waals surface area contributed by atoms with Crippen molar-refractivity contribution in [2.24, 2.45) is 5.41 Å². The molecule has 0 bridgehead atoms. The van der Waals surface area contributed by atoms with Gasteiger partial charge in [0.2, 0.25) is 11.8 Å². The maximum Gasteiger partial charge on any atom is 0.228 e. The Kier molecular flexibility index (Phi) is 5.66. The first-order chi connectivity index (χ1) is 12.3. The molecule has 0 N–H and O–H groups in total. The van der Waals surface area contributed by atoms with Gasteiger partial charge in [0, 0.05) is 32.5 Å². The van der Waals surface area contributed by atoms with Crippen LogP contribution in [0.5, 0.6) is 0 Å². The first-order valence-corrected chi connectivity index (χ1v) is 9.77. The van der Waals surface area contributed by atoms with Gasteiger partial charge in [0.1, 0.15) is 0 Å². The van der Waals surface area contributed by atoms with Gasteiger partial charge in [-0.25, -0.2) is 0 Å². The molecular weight excluding hydrogens is 326 g/mol. The standard InChI is InChI=1S/C21H31N3O2/c1-21(2,3)16-20(26)24-15-14-23(17-8-4-5-9-18(17)24)19(25)10-13-22-11-6-7-12-22/h4-5,8-9H,6-7,10-16H2,1-3H3. The van der Waals surface area contributed by atoms with Crippen LogP contribution in [0.25, 0.3) is 0 Å². The molecule has 2 aliphatic heterocycles. The molecule has 142 valence electrons. The van der Waals surface area contributed by atoms with Gasteiger partial charge >= 0.3 is 0 Å². The maximum atomic E-state index is 12.8. The number of rotatable bonds is 4. The van der Waals surface area contributed by atoms with E-state index < -0.39 is 0 Å². The molecule has 1 saturated heterocycles. The van der Waals surface area contributed by atoms with Gasteiger partial charge in [-0.3, -0.25) is 9.59 Å². The highest BCUT2D eigenvalue weighted by Crippen LogP contribution is 2.34. The average Bonchev–Trinajstić information content (AvgIpc) is 3.10. The molecule has 1 fully saturated rings. The number of likely N-dealkylation sites (tertiary alicyclic amines) is 1. The Morgan fingerprint density at radius 1 is 0.885 bits per heavy atom. The Balaban J connectivity index is 1.72. The molecule has 2 aliphatic rings. The van der Waals surface area contributed by atoms with Crippen LogP contribution < -0.4 is 9.80 Å². The number of anilines is 2. The van der Waals surface area contributed by atoms with Crippen LogP contribution in [0.1, 0.15) is 46.5 Å². The van der Waals surface area contributed by atoms with Crippen LogP contribution in [0, 0.1) is 5.41 Å². The topological polar surface area (TPSA) is 43.9 Å². The van der Waals surface area contributed by atoms with Crippen molar-refractivity contribution in [3.05, 3.63) is 24.3 Å². The number of amides is 2. The van der Waals surface area contributed by atoms with Gasteiger partial charge in [0.05, 0.1) is 11.4 Å². The summed E-state index contributed by atoms with van der Waals surface area (Å²) in [5.41, 5.74) is 1.68. The van der Waals surface area contributed by atoms with Crippen LogP contribution in [0.4, 0.5) is 11.4 Å². The highest BCUT2D eigenvalue weighted by atomic mass is 16.2. The van der Waals surface area contributed by atoms with Crippen LogP contribution in [-0.2, 0) is 9.59 Å². The van der Waals surface area contributed by atoms with E-state index in [9.17, 15) is 9.59 Å². The first kappa shape index (κ1) is 18.9. The van der Waals surface area contributed by atoms with Crippen molar-refractivity contribution in [2.75, 3.05) is 42.5 Å². The minimum absolute atomic E-state index is 0.0469. The van der Waals surface area contributed by atoms with Crippen LogP contribution in [0.3, 0.4) is 0 Å². The zero-order valence-electron chi connectivity index (χ0n) is 16.3. The quantitative estimate of drug-likeness (QED) is 0.830. The molecule has 1 aromatic rings. The summed E-state index contributed by atoms with van der Waals surface area (Å²) in [5.74, 6) is 0.293. The molecular formula is C21H31N3O2. The van der Waals surface area contributed by atoms with Gasteiger partial charge in [-0.05, 0) is 43.5 Å². The predicted octanol–water partition coefficient (Wildman–Crippen LogP) is 3.29. The van der Waals surface area contributed by atoms with Crippen molar-refractivity contribution in [1.82, 2.24) is 4.90 Å². The highest BCUT2D eigenvalue weighted by Gasteiger charge is 2.31. The molecule has 0 radical (unpaired) electrons. The van der Waals surface area contributed by atoms with Gasteiger partial charge in [-0.1, -0.05) is 32.9 Å². The van der Waals surface area contributed by atoms with Crippen molar-refractivity contribution >= 4 is 23.2 Å². The lowest BCUT2D eigenvalue weighted by atomic mass is 9.91. The van der Waals surface area contributed by atoms with Crippen molar-refractivity contribution in [1.29, 1.82) is 0 Å². The molecule has 0 saturated carbocycles. The third-order valence-corrected chi connectivity index (χ3v) is 5.13. The second kappa shape index (κ2) is 7.78. The summed E-state index contributed by atoms with van der Waals surface area (Å²) in [6, 6.07) is 7.79. The molecule has 26 heavy (non-hydrogen) atoms. The Bertz CT molecular complexity index is 659. The van der Waals surface area contributed by atoms with E-state index >= 15 is 0 Å². The molecule has 5 nitrogen and oxygen atoms in total. The zero-order chi connectivity index (χ0) is 18.7. The minimum atomic E-state index is -0.0469. The van der Waals surface area contributed by atoms with Gasteiger partial charge in [-0.2, -0.15) is 0 Å². The molecule has 2 heterocycles. The van der Waals surface area contributed by atoms with E-state index in [-0.39, 0.29) is 17.2 Å². The maximum absolute atomic E-state index is 12.8. The van der Waals surface area contributed by atoms with E-state index in [1.54, 1.807) is 0 Å². The van der Waals surface area contributed by atoms with Crippen molar-refractivity contribution < 1.29 is 9.59 Å². The fourth-order valence-electron chi connectivity index (χ4n) is 3.82. The molecule has 0 atom stereocenters. The van der Waals surface area contributed by atoms with E-state index in [0.29, 0.717) is 25.9 Å². The summed E-state index contributed by atoms with van der Waals surface area (Å²) >= 11 is 0. The number of carbonyl (C=O) groups is 2. The number of benzene rings is 1. The van der Waals surface area contributed by atoms with Crippen molar-refractivity contribution in [3.8, 4) is 0 Å². The Morgan fingerprint density at radius 3 is 1.96 bits per heavy atom. The lowest BCUT2D eigenvalue weighted by Gasteiger charge is -2.37. The van der Waals surface area contributed by atoms with Gasteiger partial charge < -0.3 is 14.7 Å². The van der Waals surface area contributed by atoms with E-state index in [1.807, 2.05) is 34.1 Å². The Hall–Kier alpha value is -1.88. The molecule has 1 aromatic carbocycles. The summed E-state index contributed by atoms with van der Waals surface area (Å²) in [6.45, 7) is 10.4. The van der Waals surface area contributed by atoms with Gasteiger partial charge in [0.25, 0.3) is 0 Å². The summed E-state index contributed by atoms with van der Waals surface area (Å²) < 4.78 is 0. The monoisotopic (exact) mass is 357 g/mol. The normalized spacial score (nSPS) is 18.1. The number of nitrogens with zero attached hydrogens (tertiary/aromatic N) is 3. The SMILES string of the molecule is CC(C)(C)CC(=O)N1CCN(C(=O)CCN2CCCC2)c2ccccc21. The molecule has 0 aromatic heterocycles. The molecule has 5 heteroatoms. The average molecular weight is 357 g/mol. The third kappa shape index (κ3) is 4.44. The lowest BCUT2D eigenvalue weighted by molar-refractivity contribution is -0.121. The van der Waals surface area contributed by atoms with Gasteiger partial charge in [0.15, 0.2) is 0 Å². The second-order valence-corrected chi connectivity index (χ2v) is 8.62. The van der Waals surface area contributed by atoms with Gasteiger partial charge in [-0.15, -0.1) is 0 Å². The summed E-state index contributed by atoms with van der Waals surface area (Å²) in [7, 11) is 0. The number of carbonyl (C=O) groups excluding carboxylic acids is 2. The number of hydrogen-bond acceptors (Lipinski definition) is 3. The second-order valence-electron chi connectivity index (χ2n) is 8.62. The van der Waals surface area contributed by atoms with E-state index in [2.05, 4.69) is 25.7 Å². The van der Waals surface area contributed by atoms with Crippen LogP contribution in [0.15, 0.2) is 24.3 Å². The van der Waals surface area contributed by atoms with E-state index in [4.69, 9.17) is 0 Å². The smallest absolute Gasteiger partial charge is 0.228 e. The summed E-state index contributed by atoms with van der Waals surface area (Å²) in [5, 5.41) is 0. The van der Waals surface area contributed by atoms with Crippen LogP contribution in [-0.4, -0.2) is 49.4 Å². The Labute approximate surface area is 156 Å². The largest absolute Gasteiger partial charge is 0.309 e. The van der Waals surface area contributed by atoms with Crippen LogP contribution in [0.2, 0.25) is 0 Å². The predicted molar refractivity (Wildman–Crippen MR) is 106 cm³/mol. The molecule has 0 unspecified atom stereocenters. The first-order valence-electron chi connectivity index (χ1n) is 9.77. The zero-order valence-corrected chi connectivity index (χ0v) is 16.3. The summed E-state index contributed by atoms with van der Waals surface area (Å²) in [6.07, 6.45) is 3.53. The number of fused-ring (bicyclic) bond motifs is 1. The summed E-state index contributed by atoms with van der Waals surface area (Å²) in [4.78, 5) is 31.7. The Morgan fingerprint density at radius 2 is 1.42 bits per heavy atom.